The molecule has 0 saturated carbocycles. The summed E-state index contributed by atoms with van der Waals surface area (Å²) in [5, 5.41) is 0.496. The Bertz CT molecular complexity index is 1490. The van der Waals surface area contributed by atoms with E-state index in [9.17, 15) is 13.2 Å². The van der Waals surface area contributed by atoms with Crippen LogP contribution in [0.2, 0.25) is 4.34 Å². The fourth-order valence-electron chi connectivity index (χ4n) is 4.19. The fourth-order valence-corrected chi connectivity index (χ4v) is 8.45. The summed E-state index contributed by atoms with van der Waals surface area (Å²) < 4.78 is 35.1. The SMILES string of the molecule is CCOc1ccc2nc(N(Cc3cccnc3)C(=O)C3CCCN3S(=O)(=O)c3ccc(Cl)s3)sc2c1. The lowest BCUT2D eigenvalue weighted by Gasteiger charge is -2.28. The van der Waals surface area contributed by atoms with Crippen LogP contribution >= 0.6 is 34.3 Å². The van der Waals surface area contributed by atoms with Crippen LogP contribution in [0.1, 0.15) is 25.3 Å². The molecule has 1 atom stereocenters. The molecule has 5 rings (SSSR count). The van der Waals surface area contributed by atoms with E-state index in [2.05, 4.69) is 4.98 Å². The first-order valence-electron chi connectivity index (χ1n) is 11.4. The molecule has 1 saturated heterocycles. The van der Waals surface area contributed by atoms with E-state index in [1.165, 1.54) is 21.7 Å². The predicted molar refractivity (Wildman–Crippen MR) is 142 cm³/mol. The average molecular weight is 563 g/mol. The largest absolute Gasteiger partial charge is 0.494 e. The molecule has 1 amide bonds. The van der Waals surface area contributed by atoms with Crippen molar-refractivity contribution in [1.29, 1.82) is 0 Å². The molecule has 188 valence electrons. The van der Waals surface area contributed by atoms with Crippen LogP contribution in [-0.4, -0.2) is 47.8 Å². The molecule has 0 aliphatic carbocycles. The number of ether oxygens (including phenoxy) is 1. The number of sulfonamides is 1. The molecule has 4 heterocycles. The summed E-state index contributed by atoms with van der Waals surface area (Å²) in [7, 11) is -3.86. The number of hydrogen-bond acceptors (Lipinski definition) is 8. The number of hydrogen-bond donors (Lipinski definition) is 0. The predicted octanol–water partition coefficient (Wildman–Crippen LogP) is 5.19. The molecule has 1 aliphatic rings. The number of thiophene rings is 1. The molecule has 1 fully saturated rings. The van der Waals surface area contributed by atoms with Crippen LogP contribution < -0.4 is 9.64 Å². The van der Waals surface area contributed by atoms with Crippen molar-refractivity contribution in [2.45, 2.75) is 36.6 Å². The van der Waals surface area contributed by atoms with Gasteiger partial charge in [-0.1, -0.05) is 29.0 Å². The van der Waals surface area contributed by atoms with Crippen molar-refractivity contribution in [3.8, 4) is 5.75 Å². The molecule has 8 nitrogen and oxygen atoms in total. The van der Waals surface area contributed by atoms with Crippen LogP contribution in [0.5, 0.6) is 5.75 Å². The maximum atomic E-state index is 14.0. The Morgan fingerprint density at radius 3 is 2.83 bits per heavy atom. The highest BCUT2D eigenvalue weighted by Gasteiger charge is 2.42. The van der Waals surface area contributed by atoms with E-state index >= 15 is 0 Å². The topological polar surface area (TPSA) is 92.7 Å². The molecule has 0 bridgehead atoms. The summed E-state index contributed by atoms with van der Waals surface area (Å²) in [4.78, 5) is 24.5. The lowest BCUT2D eigenvalue weighted by molar-refractivity contribution is -0.121. The first-order valence-corrected chi connectivity index (χ1v) is 14.8. The van der Waals surface area contributed by atoms with Gasteiger partial charge in [-0.25, -0.2) is 13.4 Å². The van der Waals surface area contributed by atoms with Gasteiger partial charge in [-0.2, -0.15) is 4.31 Å². The molecule has 1 unspecified atom stereocenters. The van der Waals surface area contributed by atoms with E-state index in [-0.39, 0.29) is 23.2 Å². The zero-order chi connectivity index (χ0) is 25.3. The second kappa shape index (κ2) is 10.4. The molecule has 0 radical (unpaired) electrons. The number of rotatable bonds is 8. The van der Waals surface area contributed by atoms with Gasteiger partial charge in [0.15, 0.2) is 5.13 Å². The third-order valence-electron chi connectivity index (χ3n) is 5.82. The lowest BCUT2D eigenvalue weighted by atomic mass is 10.2. The molecular weight excluding hydrogens is 540 g/mol. The number of pyridine rings is 1. The number of halogens is 1. The van der Waals surface area contributed by atoms with E-state index in [0.29, 0.717) is 28.9 Å². The van der Waals surface area contributed by atoms with Crippen LogP contribution in [0.25, 0.3) is 10.2 Å². The number of aromatic nitrogens is 2. The Morgan fingerprint density at radius 1 is 1.25 bits per heavy atom. The van der Waals surface area contributed by atoms with Gasteiger partial charge in [0.1, 0.15) is 16.0 Å². The normalized spacial score (nSPS) is 16.4. The quantitative estimate of drug-likeness (QED) is 0.293. The monoisotopic (exact) mass is 562 g/mol. The molecular formula is C24H23ClN4O4S3. The summed E-state index contributed by atoms with van der Waals surface area (Å²) in [6.45, 7) is 2.96. The summed E-state index contributed by atoms with van der Waals surface area (Å²) in [6, 6.07) is 11.5. The Labute approximate surface area is 222 Å². The number of nitrogens with zero attached hydrogens (tertiary/aromatic N) is 4. The second-order valence-corrected chi connectivity index (χ2v) is 13.0. The Morgan fingerprint density at radius 2 is 2.11 bits per heavy atom. The van der Waals surface area contributed by atoms with Gasteiger partial charge in [-0.05, 0) is 61.7 Å². The zero-order valence-electron chi connectivity index (χ0n) is 19.3. The molecule has 3 aromatic heterocycles. The first-order chi connectivity index (χ1) is 17.4. The van der Waals surface area contributed by atoms with Gasteiger partial charge in [0.2, 0.25) is 5.91 Å². The molecule has 4 aromatic rings. The number of carbonyl (C=O) groups excluding carboxylic acids is 1. The van der Waals surface area contributed by atoms with Gasteiger partial charge in [0, 0.05) is 18.9 Å². The Kier molecular flexibility index (Phi) is 7.27. The summed E-state index contributed by atoms with van der Waals surface area (Å²) in [6.07, 6.45) is 4.38. The minimum absolute atomic E-state index is 0.134. The zero-order valence-corrected chi connectivity index (χ0v) is 22.5. The van der Waals surface area contributed by atoms with E-state index in [1.54, 1.807) is 29.4 Å². The summed E-state index contributed by atoms with van der Waals surface area (Å²) in [5.41, 5.74) is 1.56. The van der Waals surface area contributed by atoms with Crippen LogP contribution in [0.15, 0.2) is 59.1 Å². The van der Waals surface area contributed by atoms with Crippen molar-refractivity contribution in [3.63, 3.8) is 0 Å². The van der Waals surface area contributed by atoms with Gasteiger partial charge in [-0.15, -0.1) is 11.3 Å². The van der Waals surface area contributed by atoms with E-state index < -0.39 is 16.1 Å². The fraction of sp³-hybridized carbons (Fsp3) is 0.292. The second-order valence-electron chi connectivity index (χ2n) is 8.18. The standard InChI is InChI=1S/C24H23ClN4O4S3/c1-2-33-17-7-8-18-20(13-17)34-24(27-18)28(15-16-5-3-11-26-14-16)23(30)19-6-4-12-29(19)36(31,32)22-10-9-21(25)35-22/h3,5,7-11,13-14,19H,2,4,6,12,15H2,1H3. The van der Waals surface area contributed by atoms with Gasteiger partial charge in [0.25, 0.3) is 10.0 Å². The smallest absolute Gasteiger partial charge is 0.253 e. The number of thiazole rings is 1. The van der Waals surface area contributed by atoms with Crippen LogP contribution in [0.4, 0.5) is 5.13 Å². The van der Waals surface area contributed by atoms with Crippen LogP contribution in [0, 0.1) is 0 Å². The summed E-state index contributed by atoms with van der Waals surface area (Å²) in [5.74, 6) is 0.416. The van der Waals surface area contributed by atoms with E-state index in [0.717, 1.165) is 32.9 Å². The van der Waals surface area contributed by atoms with Crippen LogP contribution in [0.3, 0.4) is 0 Å². The van der Waals surface area contributed by atoms with Gasteiger partial charge < -0.3 is 4.74 Å². The van der Waals surface area contributed by atoms with E-state index in [1.807, 2.05) is 31.2 Å². The third kappa shape index (κ3) is 4.98. The van der Waals surface area contributed by atoms with Crippen molar-refractivity contribution in [1.82, 2.24) is 14.3 Å². The maximum Gasteiger partial charge on any atom is 0.253 e. The minimum Gasteiger partial charge on any atom is -0.494 e. The van der Waals surface area contributed by atoms with Gasteiger partial charge >= 0.3 is 0 Å². The van der Waals surface area contributed by atoms with Crippen molar-refractivity contribution < 1.29 is 17.9 Å². The highest BCUT2D eigenvalue weighted by molar-refractivity contribution is 7.91. The molecule has 36 heavy (non-hydrogen) atoms. The first kappa shape index (κ1) is 25.1. The minimum atomic E-state index is -3.86. The van der Waals surface area contributed by atoms with Gasteiger partial charge in [-0.3, -0.25) is 14.7 Å². The molecule has 0 N–H and O–H groups in total. The molecule has 1 aromatic carbocycles. The van der Waals surface area contributed by atoms with E-state index in [4.69, 9.17) is 21.3 Å². The third-order valence-corrected chi connectivity index (χ3v) is 10.5. The Hall–Kier alpha value is -2.57. The van der Waals surface area contributed by atoms with Crippen molar-refractivity contribution in [2.24, 2.45) is 0 Å². The number of benzene rings is 1. The van der Waals surface area contributed by atoms with Gasteiger partial charge in [0.05, 0.1) is 27.7 Å². The average Bonchev–Trinajstić information content (AvgIpc) is 3.62. The number of amides is 1. The number of carbonyl (C=O) groups is 1. The molecule has 12 heteroatoms. The van der Waals surface area contributed by atoms with Crippen molar-refractivity contribution in [3.05, 3.63) is 64.8 Å². The number of fused-ring (bicyclic) bond motifs is 1. The van der Waals surface area contributed by atoms with Crippen molar-refractivity contribution >= 4 is 65.6 Å². The van der Waals surface area contributed by atoms with Crippen molar-refractivity contribution in [2.75, 3.05) is 18.1 Å². The molecule has 0 spiro atoms. The Balaban J connectivity index is 1.51. The lowest BCUT2D eigenvalue weighted by Crippen LogP contribution is -2.47. The molecule has 1 aliphatic heterocycles. The highest BCUT2D eigenvalue weighted by Crippen LogP contribution is 2.36. The highest BCUT2D eigenvalue weighted by atomic mass is 35.5. The summed E-state index contributed by atoms with van der Waals surface area (Å²) >= 11 is 8.36. The van der Waals surface area contributed by atoms with Crippen LogP contribution in [-0.2, 0) is 21.4 Å². The number of anilines is 1. The maximum absolute atomic E-state index is 14.0.